The van der Waals surface area contributed by atoms with Gasteiger partial charge in [0.05, 0.1) is 25.5 Å². The molecule has 5 heteroatoms. The highest BCUT2D eigenvalue weighted by Crippen LogP contribution is 2.39. The van der Waals surface area contributed by atoms with Gasteiger partial charge in [-0.2, -0.15) is 0 Å². The van der Waals surface area contributed by atoms with Crippen LogP contribution in [0.2, 0.25) is 0 Å². The fraction of sp³-hybridized carbons (Fsp3) is 0.364. The van der Waals surface area contributed by atoms with E-state index in [1.165, 1.54) is 20.3 Å². The quantitative estimate of drug-likeness (QED) is 0.760. The molecule has 0 saturated carbocycles. The Morgan fingerprint density at radius 3 is 2.31 bits per heavy atom. The fourth-order valence-electron chi connectivity index (χ4n) is 1.67. The van der Waals surface area contributed by atoms with Crippen LogP contribution < -0.4 is 15.2 Å². The van der Waals surface area contributed by atoms with Gasteiger partial charge < -0.3 is 20.3 Å². The molecular weight excluding hydrogens is 210 g/mol. The number of nitrogens with two attached hydrogens (primary N) is 1. The number of methoxy groups -OCH3 is 2. The normalized spacial score (nSPS) is 9.94. The molecule has 88 valence electrons. The van der Waals surface area contributed by atoms with Crippen molar-refractivity contribution in [1.82, 2.24) is 0 Å². The van der Waals surface area contributed by atoms with Crippen molar-refractivity contribution in [2.24, 2.45) is 0 Å². The second-order valence-corrected chi connectivity index (χ2v) is 3.22. The molecule has 0 atom stereocenters. The van der Waals surface area contributed by atoms with Crippen LogP contribution in [0.15, 0.2) is 6.07 Å². The van der Waals surface area contributed by atoms with Gasteiger partial charge in [0.2, 0.25) is 0 Å². The maximum atomic E-state index is 11.0. The molecule has 1 rings (SSSR count). The Balaban J connectivity index is 3.56. The second-order valence-electron chi connectivity index (χ2n) is 3.22. The van der Waals surface area contributed by atoms with Crippen molar-refractivity contribution in [3.05, 3.63) is 17.2 Å². The van der Waals surface area contributed by atoms with Crippen LogP contribution >= 0.6 is 0 Å². The topological polar surface area (TPSA) is 81.8 Å². The molecule has 5 nitrogen and oxygen atoms in total. The number of nitrogen functional groups attached to an aromatic ring is 1. The molecule has 0 heterocycles. The van der Waals surface area contributed by atoms with Crippen LogP contribution in [0.25, 0.3) is 0 Å². The van der Waals surface area contributed by atoms with Crippen LogP contribution in [0, 0.1) is 0 Å². The summed E-state index contributed by atoms with van der Waals surface area (Å²) in [5, 5.41) is 9.05. The van der Waals surface area contributed by atoms with Gasteiger partial charge in [0, 0.05) is 5.56 Å². The third-order valence-corrected chi connectivity index (χ3v) is 2.36. The Bertz CT molecular complexity index is 415. The minimum absolute atomic E-state index is 0.151. The first kappa shape index (κ1) is 12.2. The number of ether oxygens (including phenoxy) is 2. The largest absolute Gasteiger partial charge is 0.492 e. The summed E-state index contributed by atoms with van der Waals surface area (Å²) in [4.78, 5) is 11.0. The summed E-state index contributed by atoms with van der Waals surface area (Å²) in [7, 11) is 2.93. The van der Waals surface area contributed by atoms with Gasteiger partial charge in [-0.3, -0.25) is 0 Å². The van der Waals surface area contributed by atoms with E-state index in [0.29, 0.717) is 23.5 Å². The summed E-state index contributed by atoms with van der Waals surface area (Å²) in [6.07, 6.45) is 0.529. The molecule has 0 bridgehead atoms. The molecule has 0 unspecified atom stereocenters. The van der Waals surface area contributed by atoms with Gasteiger partial charge in [-0.25, -0.2) is 4.79 Å². The Kier molecular flexibility index (Phi) is 3.60. The van der Waals surface area contributed by atoms with Crippen LogP contribution in [-0.2, 0) is 6.42 Å². The molecule has 0 spiro atoms. The SMILES string of the molecule is CCc1c(C(=O)O)cc(N)c(OC)c1OC. The molecule has 0 aromatic heterocycles. The molecule has 0 fully saturated rings. The summed E-state index contributed by atoms with van der Waals surface area (Å²) in [6.45, 7) is 1.85. The molecule has 0 amide bonds. The van der Waals surface area contributed by atoms with Gasteiger partial charge in [0.25, 0.3) is 0 Å². The lowest BCUT2D eigenvalue weighted by Crippen LogP contribution is -2.07. The van der Waals surface area contributed by atoms with E-state index >= 15 is 0 Å². The minimum Gasteiger partial charge on any atom is -0.492 e. The highest BCUT2D eigenvalue weighted by atomic mass is 16.5. The number of aromatic carboxylic acids is 1. The molecular formula is C11H15NO4. The van der Waals surface area contributed by atoms with Gasteiger partial charge in [-0.1, -0.05) is 6.92 Å². The average Bonchev–Trinajstić information content (AvgIpc) is 2.27. The average molecular weight is 225 g/mol. The van der Waals surface area contributed by atoms with Crippen LogP contribution in [0.3, 0.4) is 0 Å². The Morgan fingerprint density at radius 1 is 1.38 bits per heavy atom. The van der Waals surface area contributed by atoms with Crippen LogP contribution in [-0.4, -0.2) is 25.3 Å². The maximum absolute atomic E-state index is 11.0. The molecule has 3 N–H and O–H groups in total. The number of hydrogen-bond donors (Lipinski definition) is 2. The van der Waals surface area contributed by atoms with Gasteiger partial charge in [0.1, 0.15) is 0 Å². The Morgan fingerprint density at radius 2 is 1.94 bits per heavy atom. The molecule has 16 heavy (non-hydrogen) atoms. The zero-order valence-corrected chi connectivity index (χ0v) is 9.53. The van der Waals surface area contributed by atoms with Gasteiger partial charge in [0.15, 0.2) is 11.5 Å². The minimum atomic E-state index is -1.02. The molecule has 0 radical (unpaired) electrons. The summed E-state index contributed by atoms with van der Waals surface area (Å²) >= 11 is 0. The number of rotatable bonds is 4. The highest BCUT2D eigenvalue weighted by Gasteiger charge is 2.20. The number of carbonyl (C=O) groups is 1. The van der Waals surface area contributed by atoms with Gasteiger partial charge in [-0.15, -0.1) is 0 Å². The Labute approximate surface area is 93.8 Å². The third-order valence-electron chi connectivity index (χ3n) is 2.36. The van der Waals surface area contributed by atoms with Gasteiger partial charge >= 0.3 is 5.97 Å². The first-order chi connectivity index (χ1) is 7.56. The molecule has 0 aliphatic heterocycles. The Hall–Kier alpha value is -1.91. The zero-order valence-electron chi connectivity index (χ0n) is 9.53. The van der Waals surface area contributed by atoms with Gasteiger partial charge in [-0.05, 0) is 12.5 Å². The van der Waals surface area contributed by atoms with Crippen molar-refractivity contribution in [2.45, 2.75) is 13.3 Å². The summed E-state index contributed by atoms with van der Waals surface area (Å²) < 4.78 is 10.3. The fourth-order valence-corrected chi connectivity index (χ4v) is 1.67. The first-order valence-corrected chi connectivity index (χ1v) is 4.83. The molecule has 0 saturated heterocycles. The van der Waals surface area contributed by atoms with Crippen LogP contribution in [0.5, 0.6) is 11.5 Å². The highest BCUT2D eigenvalue weighted by molar-refractivity contribution is 5.93. The van der Waals surface area contributed by atoms with E-state index in [4.69, 9.17) is 20.3 Å². The molecule has 0 aliphatic rings. The standard InChI is InChI=1S/C11H15NO4/c1-4-6-7(11(13)14)5-8(12)10(16-3)9(6)15-2/h5H,4,12H2,1-3H3,(H,13,14). The number of benzene rings is 1. The van der Waals surface area contributed by atoms with Crippen molar-refractivity contribution in [2.75, 3.05) is 20.0 Å². The lowest BCUT2D eigenvalue weighted by molar-refractivity contribution is 0.0695. The predicted molar refractivity (Wildman–Crippen MR) is 60.3 cm³/mol. The lowest BCUT2D eigenvalue weighted by Gasteiger charge is -2.16. The van der Waals surface area contributed by atoms with E-state index in [2.05, 4.69) is 0 Å². The zero-order chi connectivity index (χ0) is 12.3. The van der Waals surface area contributed by atoms with Crippen molar-refractivity contribution >= 4 is 11.7 Å². The second kappa shape index (κ2) is 4.74. The third kappa shape index (κ3) is 1.88. The van der Waals surface area contributed by atoms with E-state index in [0.717, 1.165) is 0 Å². The smallest absolute Gasteiger partial charge is 0.336 e. The van der Waals surface area contributed by atoms with Crippen molar-refractivity contribution in [3.63, 3.8) is 0 Å². The summed E-state index contributed by atoms with van der Waals surface area (Å²) in [6, 6.07) is 1.39. The van der Waals surface area contributed by atoms with E-state index < -0.39 is 5.97 Å². The van der Waals surface area contributed by atoms with Crippen LogP contribution in [0.1, 0.15) is 22.8 Å². The number of carboxylic acids is 1. The predicted octanol–water partition coefficient (Wildman–Crippen LogP) is 1.55. The van der Waals surface area contributed by atoms with Crippen molar-refractivity contribution in [1.29, 1.82) is 0 Å². The van der Waals surface area contributed by atoms with Crippen molar-refractivity contribution in [3.8, 4) is 11.5 Å². The lowest BCUT2D eigenvalue weighted by atomic mass is 10.0. The van der Waals surface area contributed by atoms with E-state index in [1.54, 1.807) is 0 Å². The molecule has 0 aliphatic carbocycles. The van der Waals surface area contributed by atoms with E-state index in [-0.39, 0.29) is 11.3 Å². The van der Waals surface area contributed by atoms with E-state index in [1.807, 2.05) is 6.92 Å². The number of hydrogen-bond acceptors (Lipinski definition) is 4. The van der Waals surface area contributed by atoms with E-state index in [9.17, 15) is 4.79 Å². The monoisotopic (exact) mass is 225 g/mol. The molecule has 1 aromatic rings. The van der Waals surface area contributed by atoms with Crippen LogP contribution in [0.4, 0.5) is 5.69 Å². The van der Waals surface area contributed by atoms with Crippen molar-refractivity contribution < 1.29 is 19.4 Å². The maximum Gasteiger partial charge on any atom is 0.336 e. The molecule has 1 aromatic carbocycles. The summed E-state index contributed by atoms with van der Waals surface area (Å²) in [5.74, 6) is -0.253. The number of carboxylic acid groups (broad SMARTS) is 1. The number of anilines is 1. The summed E-state index contributed by atoms with van der Waals surface area (Å²) in [5.41, 5.74) is 6.69. The first-order valence-electron chi connectivity index (χ1n) is 4.83.